The summed E-state index contributed by atoms with van der Waals surface area (Å²) >= 11 is 41.2. The van der Waals surface area contributed by atoms with Gasteiger partial charge in [0.25, 0.3) is 16.7 Å². The van der Waals surface area contributed by atoms with Gasteiger partial charge in [0.2, 0.25) is 11.9 Å². The predicted octanol–water partition coefficient (Wildman–Crippen LogP) is 10.1. The van der Waals surface area contributed by atoms with Crippen molar-refractivity contribution in [2.75, 3.05) is 82.8 Å². The Morgan fingerprint density at radius 1 is 0.505 bits per heavy atom. The number of aromatic amines is 1. The van der Waals surface area contributed by atoms with Gasteiger partial charge in [-0.15, -0.1) is 0 Å². The fourth-order valence-corrected chi connectivity index (χ4v) is 13.2. The Kier molecular flexibility index (Phi) is 34.8. The van der Waals surface area contributed by atoms with E-state index in [4.69, 9.17) is 139 Å². The van der Waals surface area contributed by atoms with Crippen LogP contribution in [0.2, 0.25) is 30.1 Å². The minimum Gasteiger partial charge on any atom is -0.394 e. The maximum absolute atomic E-state index is 13.4. The Labute approximate surface area is 636 Å². The molecule has 2 unspecified atom stereocenters. The summed E-state index contributed by atoms with van der Waals surface area (Å²) in [5.74, 6) is 0.674. The zero-order chi connectivity index (χ0) is 77.5. The van der Waals surface area contributed by atoms with Crippen molar-refractivity contribution >= 4 is 149 Å². The van der Waals surface area contributed by atoms with Crippen LogP contribution in [0.1, 0.15) is 64.1 Å². The smallest absolute Gasteiger partial charge is 0.394 e. The second kappa shape index (κ2) is 41.3. The van der Waals surface area contributed by atoms with E-state index in [9.17, 15) is 33.0 Å². The van der Waals surface area contributed by atoms with Crippen molar-refractivity contribution in [2.45, 2.75) is 112 Å². The number of phosphoric acid groups is 2. The number of aliphatic hydroxyl groups is 3. The van der Waals surface area contributed by atoms with Gasteiger partial charge in [-0.2, -0.15) is 15.3 Å². The van der Waals surface area contributed by atoms with Gasteiger partial charge in [-0.05, 0) is 101 Å². The number of nitrogens with zero attached hydrogens (tertiary/aromatic N) is 11. The average Bonchev–Trinajstić information content (AvgIpc) is 1.67. The molecule has 0 fully saturated rings. The number of halogens is 7. The number of fused-ring (bicyclic) bond motifs is 3. The lowest BCUT2D eigenvalue weighted by Gasteiger charge is -2.23. The number of benzene rings is 3. The number of hydrogen-bond acceptors (Lipinski definition) is 25. The predicted molar refractivity (Wildman–Crippen MR) is 398 cm³/mol. The monoisotopic (exact) mass is 1670 g/mol. The molecule has 6 aromatic heterocycles. The highest BCUT2D eigenvalue weighted by molar-refractivity contribution is 7.53. The number of nitrogens with one attached hydrogen (secondary N) is 3. The van der Waals surface area contributed by atoms with Gasteiger partial charge in [0.15, 0.2) is 16.6 Å². The van der Waals surface area contributed by atoms with E-state index in [-0.39, 0.29) is 119 Å². The lowest BCUT2D eigenvalue weighted by atomic mass is 10.1. The summed E-state index contributed by atoms with van der Waals surface area (Å²) in [6.45, 7) is 12.5. The molecule has 9 aromatic rings. The first kappa shape index (κ1) is 88.4. The van der Waals surface area contributed by atoms with Crippen LogP contribution < -0.4 is 27.3 Å². The second-order valence-electron chi connectivity index (χ2n) is 24.0. The number of rotatable bonds is 34. The summed E-state index contributed by atoms with van der Waals surface area (Å²) in [5, 5.41) is 47.4. The fourth-order valence-electron chi connectivity index (χ4n) is 9.16. The first-order valence-corrected chi connectivity index (χ1v) is 39.4. The molecular formula is C61H80Cl7N14O20P3. The van der Waals surface area contributed by atoms with Crippen LogP contribution >= 0.6 is 104 Å². The molecule has 0 saturated carbocycles. The van der Waals surface area contributed by atoms with Crippen LogP contribution in [0.25, 0.3) is 33.1 Å². The number of alkyl halides is 1. The van der Waals surface area contributed by atoms with Gasteiger partial charge in [-0.3, -0.25) is 60.2 Å². The Morgan fingerprint density at radius 3 is 1.29 bits per heavy atom. The third-order valence-corrected chi connectivity index (χ3v) is 19.0. The van der Waals surface area contributed by atoms with Crippen LogP contribution in [0.5, 0.6) is 0 Å². The molecule has 0 aliphatic rings. The molecule has 9 N–H and O–H groups in total. The van der Waals surface area contributed by atoms with Crippen LogP contribution in [-0.4, -0.2) is 172 Å². The number of hydrogen-bond donors (Lipinski definition) is 9. The van der Waals surface area contributed by atoms with Crippen LogP contribution in [0.3, 0.4) is 0 Å². The normalized spacial score (nSPS) is 13.0. The molecule has 0 radical (unpaired) electrons. The van der Waals surface area contributed by atoms with Gasteiger partial charge in [0, 0.05) is 26.2 Å². The van der Waals surface area contributed by atoms with E-state index in [2.05, 4.69) is 50.4 Å². The molecule has 0 spiro atoms. The van der Waals surface area contributed by atoms with Crippen LogP contribution in [0, 0.1) is 0 Å². The van der Waals surface area contributed by atoms with E-state index in [0.717, 1.165) is 25.8 Å². The molecule has 0 saturated heterocycles. The standard InChI is InChI=1S/C21H28Cl2N5O7P.C17H20Cl2N5O7P.C17H18Cl2N4O3.C6H14ClO3P/c1-21(2,3)35-36(31,32)34-13-27-19(30)18-17(12-25-28(18)6-8-33-9-7-29)26-20(27)24-11-14-4-5-15(22)16(23)10-14;18-12-2-1-11(7-13(12)19)8-20-17-22-14-9-21-24(3-5-30-6-4-25)15(14)16(26)23(17)10-31-32(27,28)29;18-12-3-1-11(9-13(12)19)2-4-15-21-14-10-20-23(5-7-26-8-6-24)16(14)17(25)22-15;1-6(2,3)10-11(4,8)9-5-7/h4-5,10,12,29H,6-9,11,13H2,1-3H3,(H,24,26)(H,31,32);1-2,7,9,25H,3-6,8,10H2,(H,20,22)(H2,27,28,29);1,3,9-10,24H,2,4-8H2,(H,21,22,25);5H2,1-4H3. The minimum atomic E-state index is -4.86. The molecule has 34 nitrogen and oxygen atoms in total. The highest BCUT2D eigenvalue weighted by Crippen LogP contribution is 2.48. The van der Waals surface area contributed by atoms with Crippen molar-refractivity contribution in [1.82, 2.24) is 58.4 Å². The molecule has 0 amide bonds. The Morgan fingerprint density at radius 2 is 0.895 bits per heavy atom. The molecule has 6 heterocycles. The van der Waals surface area contributed by atoms with Crippen LogP contribution in [0.15, 0.2) is 87.6 Å². The van der Waals surface area contributed by atoms with E-state index in [1.807, 2.05) is 12.1 Å². The minimum absolute atomic E-state index is 0.0121. The number of aromatic nitrogens is 12. The zero-order valence-corrected chi connectivity index (χ0v) is 65.6. The van der Waals surface area contributed by atoms with Gasteiger partial charge in [0.1, 0.15) is 41.9 Å². The maximum Gasteiger partial charge on any atom is 0.474 e. The van der Waals surface area contributed by atoms with E-state index in [1.165, 1.54) is 28.4 Å². The Balaban J connectivity index is 0.000000232. The molecule has 3 aromatic carbocycles. The van der Waals surface area contributed by atoms with Crippen molar-refractivity contribution in [1.29, 1.82) is 0 Å². The Hall–Kier alpha value is -5.53. The molecule has 0 bridgehead atoms. The molecule has 44 heteroatoms. The maximum atomic E-state index is 13.4. The summed E-state index contributed by atoms with van der Waals surface area (Å²) in [5.41, 5.74) is 1.42. The van der Waals surface area contributed by atoms with Gasteiger partial charge in [0.05, 0.1) is 139 Å². The quantitative estimate of drug-likeness (QED) is 0.0103. The number of aryl methyl sites for hydroxylation is 2. The Bertz CT molecular complexity index is 4680. The van der Waals surface area contributed by atoms with Crippen molar-refractivity contribution in [3.63, 3.8) is 0 Å². The summed E-state index contributed by atoms with van der Waals surface area (Å²) in [7, 11) is -12.3. The topological polar surface area (TPSA) is 439 Å². The van der Waals surface area contributed by atoms with Gasteiger partial charge >= 0.3 is 23.2 Å². The highest BCUT2D eigenvalue weighted by atomic mass is 35.5. The number of phosphoric ester groups is 2. The van der Waals surface area contributed by atoms with Gasteiger partial charge in [-0.25, -0.2) is 24.1 Å². The molecule has 9 rings (SSSR count). The first-order valence-electron chi connectivity index (χ1n) is 31.5. The summed E-state index contributed by atoms with van der Waals surface area (Å²) < 4.78 is 81.5. The number of aliphatic hydroxyl groups excluding tert-OH is 3. The van der Waals surface area contributed by atoms with E-state index in [0.29, 0.717) is 78.5 Å². The van der Waals surface area contributed by atoms with Crippen LogP contribution in [-0.2, 0) is 110 Å². The van der Waals surface area contributed by atoms with Crippen molar-refractivity contribution in [3.8, 4) is 0 Å². The van der Waals surface area contributed by atoms with Crippen molar-refractivity contribution < 1.29 is 80.5 Å². The summed E-state index contributed by atoms with van der Waals surface area (Å²) in [6.07, 6.45) is 5.63. The second-order valence-corrected chi connectivity index (χ2v) is 31.3. The van der Waals surface area contributed by atoms with Gasteiger partial charge in [-0.1, -0.05) is 99.4 Å². The number of H-pyrrole nitrogens is 1. The van der Waals surface area contributed by atoms with E-state index in [1.54, 1.807) is 94.9 Å². The highest BCUT2D eigenvalue weighted by Gasteiger charge is 2.31. The van der Waals surface area contributed by atoms with Crippen molar-refractivity contribution in [2.24, 2.45) is 0 Å². The number of ether oxygens (including phenoxy) is 3. The molecular weight excluding hydrogens is 1590 g/mol. The fraction of sp³-hybridized carbons (Fsp3) is 0.459. The molecule has 2 atom stereocenters. The van der Waals surface area contributed by atoms with Crippen LogP contribution in [0.4, 0.5) is 11.9 Å². The van der Waals surface area contributed by atoms with E-state index < -0.39 is 59.0 Å². The third-order valence-electron chi connectivity index (χ3n) is 13.4. The average molecular weight is 1670 g/mol. The summed E-state index contributed by atoms with van der Waals surface area (Å²) in [4.78, 5) is 83.3. The van der Waals surface area contributed by atoms with Crippen molar-refractivity contribution in [3.05, 3.63) is 157 Å². The largest absolute Gasteiger partial charge is 0.474 e. The number of anilines is 2. The lowest BCUT2D eigenvalue weighted by Crippen LogP contribution is -2.28. The van der Waals surface area contributed by atoms with Gasteiger partial charge < -0.3 is 64.4 Å². The van der Waals surface area contributed by atoms with E-state index >= 15 is 0 Å². The third kappa shape index (κ3) is 29.1. The zero-order valence-electron chi connectivity index (χ0n) is 57.7. The summed E-state index contributed by atoms with van der Waals surface area (Å²) in [6, 6.07) is 15.4. The molecule has 578 valence electrons. The molecule has 105 heavy (non-hydrogen) atoms. The lowest BCUT2D eigenvalue weighted by molar-refractivity contribution is 0.0482. The first-order chi connectivity index (χ1) is 49.4. The molecule has 0 aliphatic heterocycles. The molecule has 0 aliphatic carbocycles. The SMILES string of the molecule is CC(C)(C)OP(=O)(O)OCn1c(NCc2ccc(Cl)c(Cl)c2)nc2cnn(CCOCCO)c2c1=O.CC(C)(C)OP(C)(=O)OCCl.O=c1[nH]c(CCc2ccc(Cl)c(Cl)c2)nc2cnn(CCOCCO)c12.O=c1c2c(cnn2CCOCCO)nc(NCc2ccc(Cl)c(Cl)c2)n1COP(=O)(O)O.